The number of hydrogen-bond donors (Lipinski definition) is 0. The fourth-order valence-electron chi connectivity index (χ4n) is 1.15. The average Bonchev–Trinajstić information content (AvgIpc) is 2.26. The first-order chi connectivity index (χ1) is 7.70. The van der Waals surface area contributed by atoms with E-state index in [-0.39, 0.29) is 5.56 Å². The third kappa shape index (κ3) is 2.58. The van der Waals surface area contributed by atoms with E-state index in [4.69, 9.17) is 6.57 Å². The first-order valence-electron chi connectivity index (χ1n) is 4.48. The van der Waals surface area contributed by atoms with Crippen LogP contribution < -0.4 is 0 Å². The van der Waals surface area contributed by atoms with E-state index in [1.807, 2.05) is 0 Å². The van der Waals surface area contributed by atoms with Crippen molar-refractivity contribution in [3.63, 3.8) is 0 Å². The van der Waals surface area contributed by atoms with Gasteiger partial charge in [-0.2, -0.15) is 13.2 Å². The number of hydrogen-bond acceptors (Lipinski definition) is 2. The topological polar surface area (TPSA) is 38.5 Å². The molecule has 0 spiro atoms. The van der Waals surface area contributed by atoms with Crippen LogP contribution in [-0.2, 0) is 9.84 Å². The summed E-state index contributed by atoms with van der Waals surface area (Å²) in [6.07, 6.45) is 0. The maximum absolute atomic E-state index is 12.3. The van der Waals surface area contributed by atoms with Crippen molar-refractivity contribution >= 4 is 9.84 Å². The summed E-state index contributed by atoms with van der Waals surface area (Å²) in [6, 6.07) is 3.67. The molecule has 0 aliphatic heterocycles. The van der Waals surface area contributed by atoms with Crippen molar-refractivity contribution < 1.29 is 21.6 Å². The third-order valence-electron chi connectivity index (χ3n) is 2.15. The summed E-state index contributed by atoms with van der Waals surface area (Å²) in [7, 11) is -5.34. The molecule has 0 fully saturated rings. The summed E-state index contributed by atoms with van der Waals surface area (Å²) in [5, 5.41) is 0. The van der Waals surface area contributed by atoms with Crippen LogP contribution in [-0.4, -0.2) is 13.9 Å². The molecule has 0 amide bonds. The van der Waals surface area contributed by atoms with Crippen molar-refractivity contribution in [2.75, 3.05) is 0 Å². The van der Waals surface area contributed by atoms with Crippen LogP contribution in [0.1, 0.15) is 18.5 Å². The molecule has 92 valence electrons. The van der Waals surface area contributed by atoms with E-state index < -0.39 is 26.3 Å². The van der Waals surface area contributed by atoms with Gasteiger partial charge in [0.25, 0.3) is 9.84 Å². The monoisotopic (exact) mass is 263 g/mol. The van der Waals surface area contributed by atoms with Gasteiger partial charge in [0, 0.05) is 12.5 Å². The normalized spacial score (nSPS) is 14.1. The van der Waals surface area contributed by atoms with Gasteiger partial charge in [-0.15, -0.1) is 0 Å². The molecule has 0 aliphatic rings. The van der Waals surface area contributed by atoms with Crippen LogP contribution in [0.4, 0.5) is 13.2 Å². The molecule has 0 saturated carbocycles. The lowest BCUT2D eigenvalue weighted by atomic mass is 10.1. The SMILES string of the molecule is [C-]#[N+]C(C)c1cccc(S(=O)(=O)C(F)(F)F)c1. The van der Waals surface area contributed by atoms with Crippen LogP contribution >= 0.6 is 0 Å². The van der Waals surface area contributed by atoms with Gasteiger partial charge in [-0.05, 0) is 12.1 Å². The van der Waals surface area contributed by atoms with Crippen LogP contribution in [0.25, 0.3) is 4.85 Å². The van der Waals surface area contributed by atoms with Gasteiger partial charge in [-0.3, -0.25) is 0 Å². The molecule has 17 heavy (non-hydrogen) atoms. The fourth-order valence-corrected chi connectivity index (χ4v) is 1.97. The molecular formula is C10H8F3NO2S. The Morgan fingerprint density at radius 1 is 1.35 bits per heavy atom. The minimum absolute atomic E-state index is 0.241. The van der Waals surface area contributed by atoms with E-state index in [2.05, 4.69) is 4.85 Å². The Morgan fingerprint density at radius 2 is 1.94 bits per heavy atom. The van der Waals surface area contributed by atoms with Crippen LogP contribution in [0.15, 0.2) is 29.2 Å². The van der Waals surface area contributed by atoms with Gasteiger partial charge in [0.1, 0.15) is 0 Å². The third-order valence-corrected chi connectivity index (χ3v) is 3.63. The van der Waals surface area contributed by atoms with Crippen molar-refractivity contribution in [2.24, 2.45) is 0 Å². The molecule has 0 radical (unpaired) electrons. The van der Waals surface area contributed by atoms with Crippen molar-refractivity contribution in [2.45, 2.75) is 23.4 Å². The highest BCUT2D eigenvalue weighted by Crippen LogP contribution is 2.31. The van der Waals surface area contributed by atoms with Gasteiger partial charge >= 0.3 is 5.51 Å². The molecule has 1 aromatic carbocycles. The molecule has 1 rings (SSSR count). The van der Waals surface area contributed by atoms with Gasteiger partial charge in [0.2, 0.25) is 6.04 Å². The number of halogens is 3. The minimum Gasteiger partial charge on any atom is -0.309 e. The van der Waals surface area contributed by atoms with Gasteiger partial charge in [-0.1, -0.05) is 12.1 Å². The van der Waals surface area contributed by atoms with E-state index in [0.29, 0.717) is 0 Å². The Hall–Kier alpha value is -1.55. The Labute approximate surface area is 96.6 Å². The highest BCUT2D eigenvalue weighted by Gasteiger charge is 2.46. The second-order valence-corrected chi connectivity index (χ2v) is 5.27. The summed E-state index contributed by atoms with van der Waals surface area (Å²) in [4.78, 5) is 2.28. The highest BCUT2D eigenvalue weighted by molar-refractivity contribution is 7.92. The van der Waals surface area contributed by atoms with E-state index in [1.165, 1.54) is 19.1 Å². The molecule has 0 heterocycles. The smallest absolute Gasteiger partial charge is 0.309 e. The summed E-state index contributed by atoms with van der Waals surface area (Å²) in [6.45, 7) is 8.23. The summed E-state index contributed by atoms with van der Waals surface area (Å²) in [5.74, 6) is 0. The predicted molar refractivity (Wildman–Crippen MR) is 54.7 cm³/mol. The molecule has 1 aromatic rings. The second-order valence-electron chi connectivity index (χ2n) is 3.33. The largest absolute Gasteiger partial charge is 0.501 e. The maximum atomic E-state index is 12.3. The molecule has 0 saturated heterocycles. The molecule has 7 heteroatoms. The van der Waals surface area contributed by atoms with Gasteiger partial charge in [0.05, 0.1) is 4.90 Å². The predicted octanol–water partition coefficient (Wildman–Crippen LogP) is 2.96. The summed E-state index contributed by atoms with van der Waals surface area (Å²) >= 11 is 0. The van der Waals surface area contributed by atoms with Gasteiger partial charge < -0.3 is 4.85 Å². The zero-order valence-electron chi connectivity index (χ0n) is 8.69. The lowest BCUT2D eigenvalue weighted by Crippen LogP contribution is -2.23. The molecule has 1 unspecified atom stereocenters. The van der Waals surface area contributed by atoms with E-state index in [0.717, 1.165) is 12.1 Å². The molecule has 0 aliphatic carbocycles. The average molecular weight is 263 g/mol. The zero-order chi connectivity index (χ0) is 13.3. The van der Waals surface area contributed by atoms with Crippen LogP contribution in [0.3, 0.4) is 0 Å². The lowest BCUT2D eigenvalue weighted by molar-refractivity contribution is -0.0436. The maximum Gasteiger partial charge on any atom is 0.501 e. The van der Waals surface area contributed by atoms with Gasteiger partial charge in [-0.25, -0.2) is 15.0 Å². The number of benzene rings is 1. The minimum atomic E-state index is -5.34. The molecule has 0 bridgehead atoms. The molecule has 3 nitrogen and oxygen atoms in total. The highest BCUT2D eigenvalue weighted by atomic mass is 32.2. The number of alkyl halides is 3. The standard InChI is InChI=1S/C10H8F3NO2S/c1-7(14-2)8-4-3-5-9(6-8)17(15,16)10(11,12)13/h3-7H,1H3. The Bertz CT molecular complexity index is 558. The van der Waals surface area contributed by atoms with Crippen molar-refractivity contribution in [3.8, 4) is 0 Å². The molecule has 0 aromatic heterocycles. The van der Waals surface area contributed by atoms with Gasteiger partial charge in [0.15, 0.2) is 0 Å². The zero-order valence-corrected chi connectivity index (χ0v) is 9.51. The molecule has 0 N–H and O–H groups in total. The second kappa shape index (κ2) is 4.37. The first kappa shape index (κ1) is 13.5. The van der Waals surface area contributed by atoms with Crippen molar-refractivity contribution in [3.05, 3.63) is 41.2 Å². The quantitative estimate of drug-likeness (QED) is 0.769. The fraction of sp³-hybridized carbons (Fsp3) is 0.300. The van der Waals surface area contributed by atoms with E-state index >= 15 is 0 Å². The van der Waals surface area contributed by atoms with Crippen LogP contribution in [0.2, 0.25) is 0 Å². The summed E-state index contributed by atoms with van der Waals surface area (Å²) < 4.78 is 59.1. The Morgan fingerprint density at radius 3 is 2.41 bits per heavy atom. The Kier molecular flexibility index (Phi) is 3.48. The van der Waals surface area contributed by atoms with Crippen molar-refractivity contribution in [1.82, 2.24) is 0 Å². The van der Waals surface area contributed by atoms with Crippen LogP contribution in [0.5, 0.6) is 0 Å². The van der Waals surface area contributed by atoms with E-state index in [9.17, 15) is 21.6 Å². The lowest BCUT2D eigenvalue weighted by Gasteiger charge is -2.09. The Balaban J connectivity index is 3.32. The number of nitrogens with zero attached hydrogens (tertiary/aromatic N) is 1. The molecule has 1 atom stereocenters. The summed E-state index contributed by atoms with van der Waals surface area (Å²) in [5.41, 5.74) is -5.09. The first-order valence-corrected chi connectivity index (χ1v) is 5.96. The number of rotatable bonds is 2. The van der Waals surface area contributed by atoms with Crippen LogP contribution in [0, 0.1) is 6.57 Å². The van der Waals surface area contributed by atoms with Crippen molar-refractivity contribution in [1.29, 1.82) is 0 Å². The number of sulfone groups is 1. The van der Waals surface area contributed by atoms with E-state index in [1.54, 1.807) is 0 Å². The molecular weight excluding hydrogens is 255 g/mol.